The second-order valence-electron chi connectivity index (χ2n) is 4.00. The van der Waals surface area contributed by atoms with Crippen LogP contribution in [0.2, 0.25) is 0 Å². The number of rotatable bonds is 4. The van der Waals surface area contributed by atoms with E-state index in [9.17, 15) is 0 Å². The van der Waals surface area contributed by atoms with Crippen molar-refractivity contribution in [1.82, 2.24) is 4.98 Å². The normalized spacial score (nSPS) is 11.2. The largest absolute Gasteiger partial charge is 0.495 e. The van der Waals surface area contributed by atoms with Gasteiger partial charge in [-0.3, -0.25) is 9.98 Å². The number of amidine groups is 1. The Hall–Kier alpha value is -2.01. The van der Waals surface area contributed by atoms with E-state index >= 15 is 0 Å². The minimum atomic E-state index is 0.760. The lowest BCUT2D eigenvalue weighted by Crippen LogP contribution is -2.08. The smallest absolute Gasteiger partial charge is 0.161 e. The predicted molar refractivity (Wildman–Crippen MR) is 85.5 cm³/mol. The molecule has 1 aromatic carbocycles. The van der Waals surface area contributed by atoms with Gasteiger partial charge in [0.2, 0.25) is 0 Å². The highest BCUT2D eigenvalue weighted by Crippen LogP contribution is 2.17. The molecule has 0 unspecified atom stereocenters. The van der Waals surface area contributed by atoms with Gasteiger partial charge in [0.25, 0.3) is 0 Å². The van der Waals surface area contributed by atoms with Crippen LogP contribution in [0.15, 0.2) is 53.7 Å². The second-order valence-corrected chi connectivity index (χ2v) is 4.96. The Morgan fingerprint density at radius 2 is 2.05 bits per heavy atom. The SMILES string of the molecule is CN=C(Nc1ccccc1)SCc1ccc(OC)cn1. The average molecular weight is 287 g/mol. The first-order valence-corrected chi connectivity index (χ1v) is 7.21. The lowest BCUT2D eigenvalue weighted by molar-refractivity contribution is 0.412. The van der Waals surface area contributed by atoms with Crippen molar-refractivity contribution in [1.29, 1.82) is 0 Å². The minimum Gasteiger partial charge on any atom is -0.495 e. The number of para-hydroxylation sites is 1. The number of pyridine rings is 1. The van der Waals surface area contributed by atoms with Crippen LogP contribution in [0.5, 0.6) is 5.75 Å². The second kappa shape index (κ2) is 7.55. The van der Waals surface area contributed by atoms with Crippen LogP contribution in [0.3, 0.4) is 0 Å². The van der Waals surface area contributed by atoms with Gasteiger partial charge in [-0.1, -0.05) is 30.0 Å². The van der Waals surface area contributed by atoms with Gasteiger partial charge in [-0.15, -0.1) is 0 Å². The van der Waals surface area contributed by atoms with Gasteiger partial charge in [0.15, 0.2) is 5.17 Å². The first-order valence-electron chi connectivity index (χ1n) is 6.22. The number of methoxy groups -OCH3 is 1. The maximum atomic E-state index is 5.09. The van der Waals surface area contributed by atoms with E-state index in [1.54, 1.807) is 32.1 Å². The van der Waals surface area contributed by atoms with Crippen LogP contribution < -0.4 is 10.1 Å². The number of ether oxygens (including phenoxy) is 1. The fourth-order valence-corrected chi connectivity index (χ4v) is 2.34. The number of anilines is 1. The van der Waals surface area contributed by atoms with Gasteiger partial charge in [0.1, 0.15) is 5.75 Å². The Kier molecular flexibility index (Phi) is 5.43. The number of hydrogen-bond donors (Lipinski definition) is 1. The molecule has 0 aliphatic carbocycles. The van der Waals surface area contributed by atoms with E-state index in [2.05, 4.69) is 15.3 Å². The summed E-state index contributed by atoms with van der Waals surface area (Å²) in [5, 5.41) is 4.15. The van der Waals surface area contributed by atoms with Gasteiger partial charge in [-0.2, -0.15) is 0 Å². The van der Waals surface area contributed by atoms with Crippen molar-refractivity contribution >= 4 is 22.6 Å². The Morgan fingerprint density at radius 1 is 1.25 bits per heavy atom. The van der Waals surface area contributed by atoms with Gasteiger partial charge in [0, 0.05) is 18.5 Å². The molecule has 0 saturated carbocycles. The molecule has 20 heavy (non-hydrogen) atoms. The Morgan fingerprint density at radius 3 is 2.65 bits per heavy atom. The zero-order valence-electron chi connectivity index (χ0n) is 11.5. The Balaban J connectivity index is 1.90. The molecule has 0 amide bonds. The molecule has 0 radical (unpaired) electrons. The maximum Gasteiger partial charge on any atom is 0.161 e. The van der Waals surface area contributed by atoms with Crippen LogP contribution in [0, 0.1) is 0 Å². The summed E-state index contributed by atoms with van der Waals surface area (Å²) in [7, 11) is 3.41. The summed E-state index contributed by atoms with van der Waals surface area (Å²) >= 11 is 1.62. The van der Waals surface area contributed by atoms with Gasteiger partial charge >= 0.3 is 0 Å². The predicted octanol–water partition coefficient (Wildman–Crippen LogP) is 3.42. The quantitative estimate of drug-likeness (QED) is 0.691. The van der Waals surface area contributed by atoms with Gasteiger partial charge in [0.05, 0.1) is 19.0 Å². The van der Waals surface area contributed by atoms with Crippen molar-refractivity contribution in [2.75, 3.05) is 19.5 Å². The third kappa shape index (κ3) is 4.28. The van der Waals surface area contributed by atoms with E-state index in [0.29, 0.717) is 0 Å². The molecule has 4 nitrogen and oxygen atoms in total. The van der Waals surface area contributed by atoms with E-state index in [1.807, 2.05) is 42.5 Å². The standard InChI is InChI=1S/C15H17N3OS/c1-16-15(18-12-6-4-3-5-7-12)20-11-13-8-9-14(19-2)10-17-13/h3-10H,11H2,1-2H3,(H,16,18). The summed E-state index contributed by atoms with van der Waals surface area (Å²) in [5.41, 5.74) is 2.02. The van der Waals surface area contributed by atoms with Crippen molar-refractivity contribution in [3.8, 4) is 5.75 Å². The van der Waals surface area contributed by atoms with Crippen molar-refractivity contribution in [3.63, 3.8) is 0 Å². The molecule has 2 aromatic rings. The molecule has 5 heteroatoms. The molecular formula is C15H17N3OS. The summed E-state index contributed by atoms with van der Waals surface area (Å²) < 4.78 is 5.09. The summed E-state index contributed by atoms with van der Waals surface area (Å²) in [6, 6.07) is 13.9. The molecule has 0 spiro atoms. The number of benzene rings is 1. The molecule has 0 aliphatic heterocycles. The third-order valence-corrected chi connectivity index (χ3v) is 3.62. The Labute approximate surface area is 123 Å². The molecule has 1 aromatic heterocycles. The van der Waals surface area contributed by atoms with Gasteiger partial charge < -0.3 is 10.1 Å². The third-order valence-electron chi connectivity index (χ3n) is 2.62. The highest BCUT2D eigenvalue weighted by molar-refractivity contribution is 8.13. The summed E-state index contributed by atoms with van der Waals surface area (Å²) in [5.74, 6) is 1.53. The zero-order chi connectivity index (χ0) is 14.2. The lowest BCUT2D eigenvalue weighted by atomic mass is 10.3. The van der Waals surface area contributed by atoms with Crippen LogP contribution in [0.4, 0.5) is 5.69 Å². The van der Waals surface area contributed by atoms with E-state index < -0.39 is 0 Å². The molecule has 0 fully saturated rings. The molecule has 0 aliphatic rings. The monoisotopic (exact) mass is 287 g/mol. The topological polar surface area (TPSA) is 46.5 Å². The minimum absolute atomic E-state index is 0.760. The first-order chi connectivity index (χ1) is 9.81. The molecular weight excluding hydrogens is 270 g/mol. The van der Waals surface area contributed by atoms with Crippen molar-refractivity contribution < 1.29 is 4.74 Å². The van der Waals surface area contributed by atoms with E-state index in [1.165, 1.54) is 0 Å². The van der Waals surface area contributed by atoms with E-state index in [0.717, 1.165) is 28.1 Å². The number of aliphatic imine (C=N–C) groups is 1. The molecule has 0 saturated heterocycles. The van der Waals surface area contributed by atoms with Crippen molar-refractivity contribution in [2.24, 2.45) is 4.99 Å². The average Bonchev–Trinajstić information content (AvgIpc) is 2.53. The molecule has 2 rings (SSSR count). The van der Waals surface area contributed by atoms with Crippen LogP contribution in [0.25, 0.3) is 0 Å². The number of thioether (sulfide) groups is 1. The lowest BCUT2D eigenvalue weighted by Gasteiger charge is -2.08. The van der Waals surface area contributed by atoms with E-state index in [-0.39, 0.29) is 0 Å². The highest BCUT2D eigenvalue weighted by atomic mass is 32.2. The maximum absolute atomic E-state index is 5.09. The van der Waals surface area contributed by atoms with Crippen LogP contribution in [-0.4, -0.2) is 24.3 Å². The van der Waals surface area contributed by atoms with Gasteiger partial charge in [-0.25, -0.2) is 0 Å². The molecule has 0 atom stereocenters. The summed E-state index contributed by atoms with van der Waals surface area (Å²) in [4.78, 5) is 8.58. The number of hydrogen-bond acceptors (Lipinski definition) is 4. The molecule has 0 bridgehead atoms. The van der Waals surface area contributed by atoms with Crippen LogP contribution >= 0.6 is 11.8 Å². The summed E-state index contributed by atoms with van der Waals surface area (Å²) in [6.45, 7) is 0. The first kappa shape index (κ1) is 14.4. The number of nitrogens with zero attached hydrogens (tertiary/aromatic N) is 2. The van der Waals surface area contributed by atoms with Gasteiger partial charge in [-0.05, 0) is 24.3 Å². The van der Waals surface area contributed by atoms with Crippen LogP contribution in [-0.2, 0) is 5.75 Å². The van der Waals surface area contributed by atoms with Crippen LogP contribution in [0.1, 0.15) is 5.69 Å². The van der Waals surface area contributed by atoms with Crippen molar-refractivity contribution in [3.05, 3.63) is 54.4 Å². The fraction of sp³-hybridized carbons (Fsp3) is 0.200. The number of aromatic nitrogens is 1. The zero-order valence-corrected chi connectivity index (χ0v) is 12.4. The fourth-order valence-electron chi connectivity index (χ4n) is 1.56. The highest BCUT2D eigenvalue weighted by Gasteiger charge is 2.02. The molecule has 104 valence electrons. The Bertz CT molecular complexity index is 555. The molecule has 1 N–H and O–H groups in total. The van der Waals surface area contributed by atoms with E-state index in [4.69, 9.17) is 4.74 Å². The number of nitrogens with one attached hydrogen (secondary N) is 1. The molecule has 1 heterocycles. The van der Waals surface area contributed by atoms with Crippen molar-refractivity contribution in [2.45, 2.75) is 5.75 Å². The summed E-state index contributed by atoms with van der Waals surface area (Å²) in [6.07, 6.45) is 1.73.